The molecule has 0 radical (unpaired) electrons. The van der Waals surface area contributed by atoms with Crippen LogP contribution in [0.15, 0.2) is 54.7 Å². The molecule has 5 nitrogen and oxygen atoms in total. The van der Waals surface area contributed by atoms with Gasteiger partial charge >= 0.3 is 0 Å². The van der Waals surface area contributed by atoms with E-state index in [1.807, 2.05) is 42.8 Å². The van der Waals surface area contributed by atoms with Crippen molar-refractivity contribution >= 4 is 28.4 Å². The van der Waals surface area contributed by atoms with E-state index < -0.39 is 5.92 Å². The summed E-state index contributed by atoms with van der Waals surface area (Å²) in [5.74, 6) is -1.20. The normalized spacial score (nSPS) is 12.0. The molecule has 0 saturated heterocycles. The van der Waals surface area contributed by atoms with Crippen molar-refractivity contribution in [3.63, 3.8) is 0 Å². The average Bonchev–Trinajstić information content (AvgIpc) is 3.10. The first-order valence-electron chi connectivity index (χ1n) is 9.86. The van der Waals surface area contributed by atoms with Crippen LogP contribution < -0.4 is 5.32 Å². The van der Waals surface area contributed by atoms with Gasteiger partial charge in [-0.05, 0) is 56.7 Å². The van der Waals surface area contributed by atoms with Crippen molar-refractivity contribution in [3.8, 4) is 0 Å². The molecule has 0 saturated carbocycles. The summed E-state index contributed by atoms with van der Waals surface area (Å²) in [5.41, 5.74) is 1.93. The Morgan fingerprint density at radius 2 is 1.83 bits per heavy atom. The fourth-order valence-electron chi connectivity index (χ4n) is 3.46. The standard InChI is InChI=1S/C23H26FN3O2/c1-4-26(5-2)22(28)15-27-13-12-17-14-18(10-11-21(17)27)25-23(29)16(3)19-8-6-7-9-20(19)24/h6-14,16H,4-5,15H2,1-3H3,(H,25,29). The van der Waals surface area contributed by atoms with Crippen LogP contribution in [0.25, 0.3) is 10.9 Å². The molecular formula is C23H26FN3O2. The van der Waals surface area contributed by atoms with Crippen molar-refractivity contribution in [2.45, 2.75) is 33.2 Å². The lowest BCUT2D eigenvalue weighted by Gasteiger charge is -2.19. The van der Waals surface area contributed by atoms with Gasteiger partial charge in [-0.2, -0.15) is 0 Å². The number of aromatic nitrogens is 1. The SMILES string of the molecule is CCN(CC)C(=O)Cn1ccc2cc(NC(=O)C(C)c3ccccc3F)ccc21. The van der Waals surface area contributed by atoms with E-state index in [-0.39, 0.29) is 24.2 Å². The topological polar surface area (TPSA) is 54.3 Å². The summed E-state index contributed by atoms with van der Waals surface area (Å²) < 4.78 is 15.9. The van der Waals surface area contributed by atoms with Crippen LogP contribution in [0.4, 0.5) is 10.1 Å². The lowest BCUT2D eigenvalue weighted by Crippen LogP contribution is -2.33. The molecule has 3 rings (SSSR count). The molecule has 0 spiro atoms. The van der Waals surface area contributed by atoms with E-state index >= 15 is 0 Å². The van der Waals surface area contributed by atoms with E-state index in [4.69, 9.17) is 0 Å². The first-order valence-corrected chi connectivity index (χ1v) is 9.86. The highest BCUT2D eigenvalue weighted by Gasteiger charge is 2.19. The molecule has 6 heteroatoms. The molecule has 0 aliphatic rings. The summed E-state index contributed by atoms with van der Waals surface area (Å²) in [6.07, 6.45) is 1.87. The van der Waals surface area contributed by atoms with Gasteiger partial charge in [-0.1, -0.05) is 18.2 Å². The van der Waals surface area contributed by atoms with Gasteiger partial charge in [0.25, 0.3) is 0 Å². The summed E-state index contributed by atoms with van der Waals surface area (Å²) in [6, 6.07) is 13.8. The number of nitrogens with zero attached hydrogens (tertiary/aromatic N) is 2. The molecule has 29 heavy (non-hydrogen) atoms. The van der Waals surface area contributed by atoms with Crippen molar-refractivity contribution in [1.29, 1.82) is 0 Å². The highest BCUT2D eigenvalue weighted by atomic mass is 19.1. The maximum Gasteiger partial charge on any atom is 0.242 e. The zero-order chi connectivity index (χ0) is 21.0. The smallest absolute Gasteiger partial charge is 0.242 e. The lowest BCUT2D eigenvalue weighted by molar-refractivity contribution is -0.131. The zero-order valence-electron chi connectivity index (χ0n) is 17.0. The molecule has 1 atom stereocenters. The van der Waals surface area contributed by atoms with Gasteiger partial charge in [-0.25, -0.2) is 4.39 Å². The fourth-order valence-corrected chi connectivity index (χ4v) is 3.46. The second-order valence-electron chi connectivity index (χ2n) is 7.02. The Hall–Kier alpha value is -3.15. The van der Waals surface area contributed by atoms with E-state index in [1.165, 1.54) is 6.07 Å². The molecule has 0 bridgehead atoms. The number of carbonyl (C=O) groups is 2. The summed E-state index contributed by atoms with van der Waals surface area (Å²) in [5, 5.41) is 3.78. The van der Waals surface area contributed by atoms with Gasteiger partial charge in [-0.3, -0.25) is 9.59 Å². The van der Waals surface area contributed by atoms with Crippen LogP contribution in [0.5, 0.6) is 0 Å². The van der Waals surface area contributed by atoms with E-state index in [9.17, 15) is 14.0 Å². The van der Waals surface area contributed by atoms with Crippen molar-refractivity contribution in [3.05, 3.63) is 66.1 Å². The van der Waals surface area contributed by atoms with Crippen LogP contribution in [0, 0.1) is 5.82 Å². The Balaban J connectivity index is 1.75. The molecule has 0 aliphatic carbocycles. The van der Waals surface area contributed by atoms with E-state index in [0.717, 1.165) is 10.9 Å². The van der Waals surface area contributed by atoms with Gasteiger partial charge in [0.2, 0.25) is 11.8 Å². The number of nitrogens with one attached hydrogen (secondary N) is 1. The molecule has 152 valence electrons. The molecule has 1 heterocycles. The van der Waals surface area contributed by atoms with Crippen molar-refractivity contribution in [2.75, 3.05) is 18.4 Å². The quantitative estimate of drug-likeness (QED) is 0.645. The van der Waals surface area contributed by atoms with Crippen LogP contribution >= 0.6 is 0 Å². The third kappa shape index (κ3) is 4.47. The van der Waals surface area contributed by atoms with Gasteiger partial charge in [-0.15, -0.1) is 0 Å². The molecule has 1 N–H and O–H groups in total. The van der Waals surface area contributed by atoms with Crippen LogP contribution in [0.3, 0.4) is 0 Å². The van der Waals surface area contributed by atoms with Crippen molar-refractivity contribution < 1.29 is 14.0 Å². The Morgan fingerprint density at radius 1 is 1.10 bits per heavy atom. The number of rotatable bonds is 7. The van der Waals surface area contributed by atoms with E-state index in [1.54, 1.807) is 36.1 Å². The van der Waals surface area contributed by atoms with Gasteiger partial charge in [0.15, 0.2) is 0 Å². The van der Waals surface area contributed by atoms with Crippen molar-refractivity contribution in [1.82, 2.24) is 9.47 Å². The number of likely N-dealkylation sites (N-methyl/N-ethyl adjacent to an activating group) is 1. The Morgan fingerprint density at radius 3 is 2.52 bits per heavy atom. The minimum absolute atomic E-state index is 0.0728. The summed E-state index contributed by atoms with van der Waals surface area (Å²) in [7, 11) is 0. The number of amides is 2. The van der Waals surface area contributed by atoms with Gasteiger partial charge < -0.3 is 14.8 Å². The summed E-state index contributed by atoms with van der Waals surface area (Å²) >= 11 is 0. The van der Waals surface area contributed by atoms with Crippen LogP contribution in [-0.4, -0.2) is 34.4 Å². The number of anilines is 1. The molecule has 0 fully saturated rings. The van der Waals surface area contributed by atoms with Gasteiger partial charge in [0.05, 0.1) is 5.92 Å². The number of halogens is 1. The first kappa shape index (κ1) is 20.6. The second kappa shape index (κ2) is 8.90. The number of benzene rings is 2. The zero-order valence-corrected chi connectivity index (χ0v) is 17.0. The van der Waals surface area contributed by atoms with Crippen LogP contribution in [-0.2, 0) is 16.1 Å². The average molecular weight is 395 g/mol. The van der Waals surface area contributed by atoms with Crippen LogP contribution in [0.2, 0.25) is 0 Å². The predicted octanol–water partition coefficient (Wildman–Crippen LogP) is 4.39. The van der Waals surface area contributed by atoms with Crippen molar-refractivity contribution in [2.24, 2.45) is 0 Å². The minimum Gasteiger partial charge on any atom is -0.342 e. The maximum atomic E-state index is 13.9. The minimum atomic E-state index is -0.608. The Kier molecular flexibility index (Phi) is 6.32. The number of hydrogen-bond donors (Lipinski definition) is 1. The lowest BCUT2D eigenvalue weighted by atomic mass is 9.99. The van der Waals surface area contributed by atoms with E-state index in [0.29, 0.717) is 24.3 Å². The molecular weight excluding hydrogens is 369 g/mol. The maximum absolute atomic E-state index is 13.9. The highest BCUT2D eigenvalue weighted by molar-refractivity contribution is 5.97. The molecule has 2 amide bonds. The molecule has 1 aromatic heterocycles. The van der Waals surface area contributed by atoms with Crippen LogP contribution in [0.1, 0.15) is 32.3 Å². The number of hydrogen-bond acceptors (Lipinski definition) is 2. The van der Waals surface area contributed by atoms with E-state index in [2.05, 4.69) is 5.32 Å². The molecule has 2 aromatic carbocycles. The van der Waals surface area contributed by atoms with Gasteiger partial charge in [0, 0.05) is 35.9 Å². The Bertz CT molecular complexity index is 1020. The second-order valence-corrected chi connectivity index (χ2v) is 7.02. The third-order valence-electron chi connectivity index (χ3n) is 5.23. The molecule has 0 aliphatic heterocycles. The summed E-state index contributed by atoms with van der Waals surface area (Å²) in [6.45, 7) is 7.26. The Labute approximate surface area is 170 Å². The number of fused-ring (bicyclic) bond motifs is 1. The first-order chi connectivity index (χ1) is 13.9. The number of carbonyl (C=O) groups excluding carboxylic acids is 2. The predicted molar refractivity (Wildman–Crippen MR) is 113 cm³/mol. The summed E-state index contributed by atoms with van der Waals surface area (Å²) in [4.78, 5) is 26.7. The van der Waals surface area contributed by atoms with Gasteiger partial charge in [0.1, 0.15) is 12.4 Å². The molecule has 3 aromatic rings. The largest absolute Gasteiger partial charge is 0.342 e. The monoisotopic (exact) mass is 395 g/mol. The highest BCUT2D eigenvalue weighted by Crippen LogP contribution is 2.24. The third-order valence-corrected chi connectivity index (χ3v) is 5.23. The fraction of sp³-hybridized carbons (Fsp3) is 0.304. The molecule has 1 unspecified atom stereocenters.